The predicted octanol–water partition coefficient (Wildman–Crippen LogP) is 4.79. The molecule has 0 fully saturated rings. The molecule has 2 aromatic heterocycles. The molecule has 0 amide bonds. The molecule has 0 saturated carbocycles. The lowest BCUT2D eigenvalue weighted by Crippen LogP contribution is -2.35. The Hall–Kier alpha value is -1.98. The Bertz CT molecular complexity index is 784. The first kappa shape index (κ1) is 14.9. The maximum absolute atomic E-state index is 4.14. The topological polar surface area (TPSA) is 28.8 Å². The number of nitrogens with zero attached hydrogens (tertiary/aromatic N) is 2. The Morgan fingerprint density at radius 2 is 2.14 bits per heavy atom. The van der Waals surface area contributed by atoms with Gasteiger partial charge in [-0.3, -0.25) is 4.98 Å². The van der Waals surface area contributed by atoms with Gasteiger partial charge >= 0.3 is 5.13 Å². The number of hydrogen-bond donors (Lipinski definition) is 1. The van der Waals surface area contributed by atoms with Crippen LogP contribution in [-0.4, -0.2) is 4.98 Å². The number of thiazole rings is 1. The average molecular weight is 373 g/mol. The molecule has 0 bridgehead atoms. The maximum atomic E-state index is 4.14. The first-order valence-corrected chi connectivity index (χ1v) is 8.51. The molecule has 0 radical (unpaired) electrons. The third kappa shape index (κ3) is 3.10. The van der Waals surface area contributed by atoms with Crippen molar-refractivity contribution >= 4 is 38.1 Å². The van der Waals surface area contributed by atoms with Gasteiger partial charge in [-0.2, -0.15) is 0 Å². The first-order chi connectivity index (χ1) is 10.8. The van der Waals surface area contributed by atoms with E-state index in [9.17, 15) is 0 Å². The van der Waals surface area contributed by atoms with Gasteiger partial charge in [-0.15, -0.1) is 0 Å². The first-order valence-electron chi connectivity index (χ1n) is 6.84. The van der Waals surface area contributed by atoms with E-state index in [4.69, 9.17) is 0 Å². The lowest BCUT2D eigenvalue weighted by molar-refractivity contribution is -0.657. The highest BCUT2D eigenvalue weighted by molar-refractivity contribution is 9.10. The van der Waals surface area contributed by atoms with Crippen molar-refractivity contribution in [3.63, 3.8) is 0 Å². The highest BCUT2D eigenvalue weighted by atomic mass is 79.9. The van der Waals surface area contributed by atoms with Gasteiger partial charge in [-0.25, -0.2) is 9.88 Å². The van der Waals surface area contributed by atoms with Gasteiger partial charge in [0.2, 0.25) is 0 Å². The molecule has 1 N–H and O–H groups in total. The molecule has 3 nitrogen and oxygen atoms in total. The Kier molecular flexibility index (Phi) is 4.65. The monoisotopic (exact) mass is 372 g/mol. The van der Waals surface area contributed by atoms with E-state index < -0.39 is 0 Å². The third-order valence-corrected chi connectivity index (χ3v) is 4.77. The van der Waals surface area contributed by atoms with E-state index in [1.807, 2.05) is 36.5 Å². The molecule has 0 atom stereocenters. The highest BCUT2D eigenvalue weighted by Crippen LogP contribution is 2.30. The minimum absolute atomic E-state index is 0.739. The van der Waals surface area contributed by atoms with E-state index in [0.717, 1.165) is 27.5 Å². The van der Waals surface area contributed by atoms with E-state index in [2.05, 4.69) is 54.9 Å². The Balaban J connectivity index is 2.02. The fourth-order valence-electron chi connectivity index (χ4n) is 2.19. The van der Waals surface area contributed by atoms with Gasteiger partial charge < -0.3 is 0 Å². The molecule has 5 heteroatoms. The van der Waals surface area contributed by atoms with Crippen LogP contribution in [0.3, 0.4) is 0 Å². The van der Waals surface area contributed by atoms with E-state index in [0.29, 0.717) is 0 Å². The van der Waals surface area contributed by atoms with Crippen LogP contribution < -0.4 is 9.88 Å². The van der Waals surface area contributed by atoms with Crippen molar-refractivity contribution in [3.8, 4) is 11.3 Å². The molecule has 22 heavy (non-hydrogen) atoms. The number of benzene rings is 1. The summed E-state index contributed by atoms with van der Waals surface area (Å²) in [5, 5.41) is 6.63. The van der Waals surface area contributed by atoms with E-state index >= 15 is 0 Å². The minimum Gasteiger partial charge on any atom is -0.260 e. The summed E-state index contributed by atoms with van der Waals surface area (Å²) in [7, 11) is 0. The smallest absolute Gasteiger partial charge is 0.260 e. The number of halogens is 1. The van der Waals surface area contributed by atoms with Gasteiger partial charge in [0.05, 0.1) is 6.20 Å². The molecule has 3 aromatic rings. The lowest BCUT2D eigenvalue weighted by Gasteiger charge is -2.05. The zero-order chi connectivity index (χ0) is 15.4. The normalized spacial score (nSPS) is 10.4. The van der Waals surface area contributed by atoms with Crippen molar-refractivity contribution in [2.75, 3.05) is 5.32 Å². The molecule has 0 spiro atoms. The highest BCUT2D eigenvalue weighted by Gasteiger charge is 2.20. The van der Waals surface area contributed by atoms with Crippen LogP contribution in [-0.2, 0) is 6.54 Å². The summed E-state index contributed by atoms with van der Waals surface area (Å²) in [6, 6.07) is 12.2. The van der Waals surface area contributed by atoms with Crippen molar-refractivity contribution in [2.45, 2.75) is 6.54 Å². The second-order valence-corrected chi connectivity index (χ2v) is 6.38. The summed E-state index contributed by atoms with van der Waals surface area (Å²) in [4.78, 5) is 4.14. The number of nitrogens with one attached hydrogen (secondary N) is 1. The van der Waals surface area contributed by atoms with Gasteiger partial charge in [0.1, 0.15) is 17.9 Å². The van der Waals surface area contributed by atoms with Crippen LogP contribution in [0.15, 0.2) is 71.3 Å². The SMILES string of the molecule is C=CC[n+]1c(-c2ccccc2Br)csc1Nc1cccnc1. The summed E-state index contributed by atoms with van der Waals surface area (Å²) in [6.45, 7) is 4.61. The molecule has 3 rings (SSSR count). The van der Waals surface area contributed by atoms with Crippen LogP contribution in [0.5, 0.6) is 0 Å². The number of hydrogen-bond acceptors (Lipinski definition) is 3. The van der Waals surface area contributed by atoms with Gasteiger partial charge in [0.15, 0.2) is 0 Å². The summed E-state index contributed by atoms with van der Waals surface area (Å²) in [5.41, 5.74) is 3.30. The fourth-order valence-corrected chi connectivity index (χ4v) is 3.64. The molecule has 1 aromatic carbocycles. The van der Waals surface area contributed by atoms with Crippen molar-refractivity contribution in [1.29, 1.82) is 0 Å². The summed E-state index contributed by atoms with van der Waals surface area (Å²) in [6.07, 6.45) is 5.49. The number of aromatic nitrogens is 2. The van der Waals surface area contributed by atoms with E-state index in [1.165, 1.54) is 5.56 Å². The molecule has 0 aliphatic carbocycles. The van der Waals surface area contributed by atoms with Crippen LogP contribution in [0, 0.1) is 0 Å². The lowest BCUT2D eigenvalue weighted by atomic mass is 10.2. The molecule has 2 heterocycles. The van der Waals surface area contributed by atoms with Crippen molar-refractivity contribution < 1.29 is 4.57 Å². The van der Waals surface area contributed by atoms with Gasteiger partial charge in [0.25, 0.3) is 0 Å². The molecule has 110 valence electrons. The third-order valence-electron chi connectivity index (χ3n) is 3.19. The van der Waals surface area contributed by atoms with Gasteiger partial charge in [0, 0.05) is 21.6 Å². The number of pyridine rings is 1. The molecule has 0 unspecified atom stereocenters. The van der Waals surface area contributed by atoms with Gasteiger partial charge in [-0.1, -0.05) is 52.1 Å². The predicted molar refractivity (Wildman–Crippen MR) is 95.4 cm³/mol. The van der Waals surface area contributed by atoms with E-state index in [1.54, 1.807) is 17.5 Å². The largest absolute Gasteiger partial charge is 0.339 e. The zero-order valence-corrected chi connectivity index (χ0v) is 14.3. The fraction of sp³-hybridized carbons (Fsp3) is 0.0588. The van der Waals surface area contributed by atoms with Crippen LogP contribution in [0.25, 0.3) is 11.3 Å². The molecular formula is C17H15BrN3S+. The van der Waals surface area contributed by atoms with Crippen molar-refractivity contribution in [2.24, 2.45) is 0 Å². The van der Waals surface area contributed by atoms with Crippen molar-refractivity contribution in [1.82, 2.24) is 4.98 Å². The molecule has 0 aliphatic heterocycles. The molecular weight excluding hydrogens is 358 g/mol. The average Bonchev–Trinajstić information content (AvgIpc) is 2.92. The maximum Gasteiger partial charge on any atom is 0.339 e. The Morgan fingerprint density at radius 1 is 1.27 bits per heavy atom. The number of rotatable bonds is 5. The zero-order valence-electron chi connectivity index (χ0n) is 11.9. The number of allylic oxidation sites excluding steroid dienone is 1. The van der Waals surface area contributed by atoms with E-state index in [-0.39, 0.29) is 0 Å². The van der Waals surface area contributed by atoms with Crippen LogP contribution in [0.2, 0.25) is 0 Å². The Morgan fingerprint density at radius 3 is 2.86 bits per heavy atom. The minimum atomic E-state index is 0.739. The van der Waals surface area contributed by atoms with Crippen molar-refractivity contribution in [3.05, 3.63) is 71.3 Å². The van der Waals surface area contributed by atoms with Gasteiger partial charge in [-0.05, 0) is 24.3 Å². The Labute approximate surface area is 142 Å². The van der Waals surface area contributed by atoms with Crippen LogP contribution in [0.4, 0.5) is 10.8 Å². The summed E-state index contributed by atoms with van der Waals surface area (Å²) in [5.74, 6) is 0. The standard InChI is InChI=1S/C17H14BrN3S/c1-2-10-21-16(14-7-3-4-8-15(14)18)12-22-17(21)20-13-6-5-9-19-11-13/h2-9,11-12H,1,10H2/p+1. The van der Waals surface area contributed by atoms with Crippen LogP contribution in [0.1, 0.15) is 0 Å². The summed E-state index contributed by atoms with van der Waals surface area (Å²) >= 11 is 5.30. The second kappa shape index (κ2) is 6.85. The second-order valence-electron chi connectivity index (χ2n) is 4.67. The number of anilines is 2. The quantitative estimate of drug-likeness (QED) is 0.515. The molecule has 0 aliphatic rings. The summed E-state index contributed by atoms with van der Waals surface area (Å²) < 4.78 is 3.30. The van der Waals surface area contributed by atoms with Crippen LogP contribution >= 0.6 is 27.3 Å². The molecule has 0 saturated heterocycles.